The number of aliphatic hydroxyl groups is 1. The molecule has 1 amide bonds. The van der Waals surface area contributed by atoms with Crippen molar-refractivity contribution in [1.29, 1.82) is 0 Å². The highest BCUT2D eigenvalue weighted by molar-refractivity contribution is 9.10. The molecule has 0 heterocycles. The molecule has 0 fully saturated rings. The highest BCUT2D eigenvalue weighted by Crippen LogP contribution is 2.20. The first kappa shape index (κ1) is 15.5. The number of hydrogen-bond acceptors (Lipinski definition) is 3. The Labute approximate surface area is 129 Å². The molecule has 0 aliphatic heterocycles. The summed E-state index contributed by atoms with van der Waals surface area (Å²) in [6, 6.07) is 11.1. The highest BCUT2D eigenvalue weighted by atomic mass is 79.9. The molecule has 1 atom stereocenters. The number of carbonyl (C=O) groups excluding carboxylic acids is 1. The predicted octanol–water partition coefficient (Wildman–Crippen LogP) is 2.17. The van der Waals surface area contributed by atoms with Gasteiger partial charge in [0.05, 0.1) is 0 Å². The van der Waals surface area contributed by atoms with Crippen molar-refractivity contribution in [2.45, 2.75) is 12.5 Å². The Balaban J connectivity index is 2.02. The van der Waals surface area contributed by atoms with Crippen LogP contribution in [0.4, 0.5) is 0 Å². The van der Waals surface area contributed by atoms with Gasteiger partial charge in [-0.2, -0.15) is 0 Å². The van der Waals surface area contributed by atoms with Gasteiger partial charge in [-0.1, -0.05) is 28.1 Å². The number of rotatable bonds is 5. The summed E-state index contributed by atoms with van der Waals surface area (Å²) in [5, 5.41) is 22.2. The van der Waals surface area contributed by atoms with E-state index in [4.69, 9.17) is 10.2 Å². The first-order valence-electron chi connectivity index (χ1n) is 6.36. The number of aliphatic carboxylic acids is 1. The molecule has 21 heavy (non-hydrogen) atoms. The van der Waals surface area contributed by atoms with Crippen molar-refractivity contribution in [3.05, 3.63) is 46.4 Å². The second-order valence-electron chi connectivity index (χ2n) is 4.60. The SMILES string of the molecule is O=C(NCCC(O)C(=O)O)c1ccc2cc(Br)ccc2c1. The maximum absolute atomic E-state index is 12.0. The van der Waals surface area contributed by atoms with Crippen molar-refractivity contribution in [2.75, 3.05) is 6.54 Å². The third kappa shape index (κ3) is 4.03. The molecule has 5 nitrogen and oxygen atoms in total. The lowest BCUT2D eigenvalue weighted by Gasteiger charge is -2.08. The third-order valence-corrected chi connectivity index (χ3v) is 3.55. The van der Waals surface area contributed by atoms with Crippen molar-refractivity contribution in [3.8, 4) is 0 Å². The zero-order chi connectivity index (χ0) is 15.4. The topological polar surface area (TPSA) is 86.6 Å². The Morgan fingerprint density at radius 2 is 1.81 bits per heavy atom. The largest absolute Gasteiger partial charge is 0.479 e. The van der Waals surface area contributed by atoms with Crippen LogP contribution in [0.15, 0.2) is 40.9 Å². The molecule has 0 radical (unpaired) electrons. The van der Waals surface area contributed by atoms with Gasteiger partial charge in [0, 0.05) is 23.0 Å². The fourth-order valence-corrected chi connectivity index (χ4v) is 2.28. The van der Waals surface area contributed by atoms with Crippen LogP contribution in [0.25, 0.3) is 10.8 Å². The Kier molecular flexibility index (Phi) is 4.93. The van der Waals surface area contributed by atoms with Crippen LogP contribution >= 0.6 is 15.9 Å². The maximum Gasteiger partial charge on any atom is 0.332 e. The number of halogens is 1. The van der Waals surface area contributed by atoms with Gasteiger partial charge in [0.2, 0.25) is 0 Å². The smallest absolute Gasteiger partial charge is 0.332 e. The number of amides is 1. The molecule has 0 aliphatic rings. The summed E-state index contributed by atoms with van der Waals surface area (Å²) < 4.78 is 0.967. The van der Waals surface area contributed by atoms with E-state index in [0.717, 1.165) is 15.2 Å². The summed E-state index contributed by atoms with van der Waals surface area (Å²) >= 11 is 3.39. The molecule has 2 rings (SSSR count). The van der Waals surface area contributed by atoms with Crippen LogP contribution in [0.3, 0.4) is 0 Å². The number of hydrogen-bond donors (Lipinski definition) is 3. The second-order valence-corrected chi connectivity index (χ2v) is 5.52. The average Bonchev–Trinajstić information content (AvgIpc) is 2.46. The summed E-state index contributed by atoms with van der Waals surface area (Å²) in [6.07, 6.45) is -1.49. The monoisotopic (exact) mass is 351 g/mol. The zero-order valence-corrected chi connectivity index (χ0v) is 12.6. The summed E-state index contributed by atoms with van der Waals surface area (Å²) in [5.74, 6) is -1.59. The van der Waals surface area contributed by atoms with Gasteiger partial charge in [0.1, 0.15) is 0 Å². The molecule has 2 aromatic rings. The van der Waals surface area contributed by atoms with Crippen LogP contribution in [-0.4, -0.2) is 34.7 Å². The number of benzene rings is 2. The molecule has 3 N–H and O–H groups in total. The molecule has 0 aliphatic carbocycles. The molecule has 0 aromatic heterocycles. The summed E-state index contributed by atoms with van der Waals surface area (Å²) in [4.78, 5) is 22.4. The van der Waals surface area contributed by atoms with Crippen molar-refractivity contribution < 1.29 is 19.8 Å². The minimum absolute atomic E-state index is 0.0262. The number of carboxylic acids is 1. The standard InChI is InChI=1S/C15H14BrNO4/c16-12-4-3-9-7-11(2-1-10(9)8-12)14(19)17-6-5-13(18)15(20)21/h1-4,7-8,13,18H,5-6H2,(H,17,19)(H,20,21). The lowest BCUT2D eigenvalue weighted by Crippen LogP contribution is -2.30. The minimum atomic E-state index is -1.46. The molecular formula is C15H14BrNO4. The first-order valence-corrected chi connectivity index (χ1v) is 7.15. The normalized spacial score (nSPS) is 12.1. The number of fused-ring (bicyclic) bond motifs is 1. The van der Waals surface area contributed by atoms with Gasteiger partial charge < -0.3 is 15.5 Å². The molecule has 0 saturated carbocycles. The molecular weight excluding hydrogens is 338 g/mol. The minimum Gasteiger partial charge on any atom is -0.479 e. The predicted molar refractivity (Wildman–Crippen MR) is 82.2 cm³/mol. The van der Waals surface area contributed by atoms with Crippen LogP contribution in [0.2, 0.25) is 0 Å². The summed E-state index contributed by atoms with van der Waals surface area (Å²) in [7, 11) is 0. The van der Waals surface area contributed by atoms with Crippen LogP contribution in [-0.2, 0) is 4.79 Å². The Hall–Kier alpha value is -1.92. The Morgan fingerprint density at radius 1 is 1.14 bits per heavy atom. The summed E-state index contributed by atoms with van der Waals surface area (Å²) in [5.41, 5.74) is 0.495. The van der Waals surface area contributed by atoms with Crippen molar-refractivity contribution in [2.24, 2.45) is 0 Å². The molecule has 0 spiro atoms. The number of carboxylic acid groups (broad SMARTS) is 1. The van der Waals surface area contributed by atoms with Crippen LogP contribution in [0.5, 0.6) is 0 Å². The fraction of sp³-hybridized carbons (Fsp3) is 0.200. The van der Waals surface area contributed by atoms with Crippen LogP contribution in [0.1, 0.15) is 16.8 Å². The summed E-state index contributed by atoms with van der Waals surface area (Å²) in [6.45, 7) is 0.102. The highest BCUT2D eigenvalue weighted by Gasteiger charge is 2.13. The molecule has 2 aromatic carbocycles. The van der Waals surface area contributed by atoms with Gasteiger partial charge in [-0.15, -0.1) is 0 Å². The lowest BCUT2D eigenvalue weighted by molar-refractivity contribution is -0.146. The maximum atomic E-state index is 12.0. The van der Waals surface area contributed by atoms with Gasteiger partial charge in [-0.05, 0) is 35.0 Å². The quantitative estimate of drug-likeness (QED) is 0.770. The van der Waals surface area contributed by atoms with Gasteiger partial charge in [-0.3, -0.25) is 4.79 Å². The third-order valence-electron chi connectivity index (χ3n) is 3.05. The average molecular weight is 352 g/mol. The van der Waals surface area contributed by atoms with E-state index in [-0.39, 0.29) is 18.9 Å². The van der Waals surface area contributed by atoms with E-state index in [0.29, 0.717) is 5.56 Å². The van der Waals surface area contributed by atoms with E-state index in [2.05, 4.69) is 21.2 Å². The van der Waals surface area contributed by atoms with E-state index >= 15 is 0 Å². The van der Waals surface area contributed by atoms with Crippen molar-refractivity contribution in [3.63, 3.8) is 0 Å². The van der Waals surface area contributed by atoms with Gasteiger partial charge in [0.25, 0.3) is 5.91 Å². The van der Waals surface area contributed by atoms with E-state index in [1.165, 1.54) is 0 Å². The van der Waals surface area contributed by atoms with Crippen molar-refractivity contribution >= 4 is 38.6 Å². The Morgan fingerprint density at radius 3 is 2.52 bits per heavy atom. The molecule has 6 heteroatoms. The van der Waals surface area contributed by atoms with E-state index in [1.807, 2.05) is 24.3 Å². The van der Waals surface area contributed by atoms with E-state index in [9.17, 15) is 9.59 Å². The molecule has 1 unspecified atom stereocenters. The van der Waals surface area contributed by atoms with E-state index in [1.54, 1.807) is 12.1 Å². The Bertz CT molecular complexity index is 686. The number of nitrogens with one attached hydrogen (secondary N) is 1. The molecule has 110 valence electrons. The molecule has 0 bridgehead atoms. The zero-order valence-electron chi connectivity index (χ0n) is 11.0. The lowest BCUT2D eigenvalue weighted by atomic mass is 10.1. The fourth-order valence-electron chi connectivity index (χ4n) is 1.91. The second kappa shape index (κ2) is 6.69. The number of carbonyl (C=O) groups is 2. The molecule has 0 saturated heterocycles. The first-order chi connectivity index (χ1) is 9.97. The van der Waals surface area contributed by atoms with Gasteiger partial charge in [0.15, 0.2) is 6.10 Å². The number of aliphatic hydroxyl groups excluding tert-OH is 1. The van der Waals surface area contributed by atoms with Gasteiger partial charge in [-0.25, -0.2) is 4.79 Å². The van der Waals surface area contributed by atoms with E-state index < -0.39 is 12.1 Å². The van der Waals surface area contributed by atoms with Crippen LogP contribution in [0, 0.1) is 0 Å². The van der Waals surface area contributed by atoms with Crippen molar-refractivity contribution in [1.82, 2.24) is 5.32 Å². The van der Waals surface area contributed by atoms with Crippen LogP contribution < -0.4 is 5.32 Å². The van der Waals surface area contributed by atoms with Gasteiger partial charge >= 0.3 is 5.97 Å².